The fraction of sp³-hybridized carbons (Fsp3) is 0.484. The molecule has 6 N–H and O–H groups in total. The van der Waals surface area contributed by atoms with Gasteiger partial charge in [-0.25, -0.2) is 14.4 Å². The lowest BCUT2D eigenvalue weighted by Crippen LogP contribution is -2.52. The molecule has 0 saturated heterocycles. The fourth-order valence-corrected chi connectivity index (χ4v) is 9.75. The van der Waals surface area contributed by atoms with Crippen LogP contribution in [0.25, 0.3) is 21.8 Å². The number of ether oxygens (including phenoxy) is 4. The topological polar surface area (TPSA) is 196 Å². The molecule has 2 aliphatic rings. The van der Waals surface area contributed by atoms with Crippen molar-refractivity contribution in [3.05, 3.63) is 143 Å². The summed E-state index contributed by atoms with van der Waals surface area (Å²) in [5.74, 6) is -0.104. The van der Waals surface area contributed by atoms with Gasteiger partial charge in [0.2, 0.25) is 5.91 Å². The zero-order chi connectivity index (χ0) is 55.7. The maximum Gasteiger partial charge on any atom is 0.408 e. The number of aliphatic carboxylic acids is 1. The largest absolute Gasteiger partial charge is 0.480 e. The number of hydrogen-bond donors (Lipinski definition) is 6. The molecular formula is C62H84N6O9. The SMILES string of the molecule is CC(C)(C)OC(=O)N[C@@H](CCOCc1ccccc1)C(=O)O.CC(C)CC1NCCc2c1[nH]c1ccccc21.CC(C)CC1c2[nH]c3ccccc3c2CCN1C(=O)[C@H](CCOCc1ccccc1)NC(=O)OC(C)(C)C. The molecule has 8 rings (SSSR count). The third-order valence-corrected chi connectivity index (χ3v) is 13.1. The minimum Gasteiger partial charge on any atom is -0.480 e. The molecule has 0 bridgehead atoms. The molecule has 0 radical (unpaired) electrons. The maximum atomic E-state index is 14.1. The van der Waals surface area contributed by atoms with E-state index in [-0.39, 0.29) is 25.0 Å². The third kappa shape index (κ3) is 18.5. The number of alkyl carbamates (subject to hydrolysis) is 2. The first-order valence-electron chi connectivity index (χ1n) is 27.3. The number of aromatic nitrogens is 2. The normalized spacial score (nSPS) is 16.0. The summed E-state index contributed by atoms with van der Waals surface area (Å²) in [5.41, 5.74) is 8.48. The van der Waals surface area contributed by atoms with Crippen molar-refractivity contribution in [1.82, 2.24) is 30.8 Å². The van der Waals surface area contributed by atoms with E-state index in [2.05, 4.69) is 96.1 Å². The summed E-state index contributed by atoms with van der Waals surface area (Å²) in [6.45, 7) is 22.6. The first-order valence-corrected chi connectivity index (χ1v) is 27.3. The number of carboxylic acid groups (broad SMARTS) is 1. The quantitative estimate of drug-likeness (QED) is 0.0451. The number of carboxylic acids is 1. The predicted molar refractivity (Wildman–Crippen MR) is 303 cm³/mol. The summed E-state index contributed by atoms with van der Waals surface area (Å²) in [6, 6.07) is 35.1. The van der Waals surface area contributed by atoms with E-state index in [1.165, 1.54) is 39.5 Å². The molecular weight excluding hydrogens is 973 g/mol. The van der Waals surface area contributed by atoms with Crippen LogP contribution in [0.4, 0.5) is 9.59 Å². The third-order valence-electron chi connectivity index (χ3n) is 13.1. The Balaban J connectivity index is 0.000000207. The second-order valence-corrected chi connectivity index (χ2v) is 22.8. The van der Waals surface area contributed by atoms with Gasteiger partial charge in [0.15, 0.2) is 0 Å². The number of carbonyl (C=O) groups excluding carboxylic acids is 3. The Labute approximate surface area is 455 Å². The highest BCUT2D eigenvalue weighted by Gasteiger charge is 2.38. The van der Waals surface area contributed by atoms with Gasteiger partial charge in [0.1, 0.15) is 23.3 Å². The van der Waals surface area contributed by atoms with Crippen LogP contribution in [0, 0.1) is 11.8 Å². The van der Waals surface area contributed by atoms with Crippen molar-refractivity contribution in [2.75, 3.05) is 26.3 Å². The number of para-hydroxylation sites is 2. The van der Waals surface area contributed by atoms with Gasteiger partial charge in [-0.2, -0.15) is 0 Å². The standard InChI is InChI=1S/C31H41N3O4.C16H23NO5.C15H20N2/c1-21(2)19-27-28-24(23-13-9-10-14-25(23)32-28)15-17-34(27)29(35)26(33-30(36)38-31(3,4)5)16-18-37-20-22-11-7-6-8-12-22;1-16(2,3)22-15(20)17-13(14(18)19)9-10-21-11-12-7-5-4-6-8-12;1-10(2)9-14-15-12(7-8-16-14)11-5-3-4-6-13(11)17-15/h6-14,21,26-27,32H,15-20H2,1-5H3,(H,33,36);4-8,13H,9-11H2,1-3H3,(H,17,20)(H,18,19);3-6,10,14,16-17H,7-9H2,1-2H3/t26-,27?;13-;/m00./s1. The lowest BCUT2D eigenvalue weighted by atomic mass is 9.91. The molecule has 0 saturated carbocycles. The molecule has 15 nitrogen and oxygen atoms in total. The monoisotopic (exact) mass is 1060 g/mol. The minimum atomic E-state index is -1.12. The lowest BCUT2D eigenvalue weighted by Gasteiger charge is -2.39. The number of hydrogen-bond acceptors (Lipinski definition) is 9. The van der Waals surface area contributed by atoms with Crippen molar-refractivity contribution in [2.45, 2.75) is 156 Å². The van der Waals surface area contributed by atoms with Gasteiger partial charge in [0, 0.05) is 71.8 Å². The van der Waals surface area contributed by atoms with Crippen molar-refractivity contribution in [2.24, 2.45) is 11.8 Å². The van der Waals surface area contributed by atoms with E-state index in [0.717, 1.165) is 54.1 Å². The lowest BCUT2D eigenvalue weighted by molar-refractivity contribution is -0.140. The number of nitrogens with zero attached hydrogens (tertiary/aromatic N) is 1. The smallest absolute Gasteiger partial charge is 0.408 e. The van der Waals surface area contributed by atoms with E-state index in [4.69, 9.17) is 24.1 Å². The van der Waals surface area contributed by atoms with E-state index in [1.807, 2.05) is 92.4 Å². The Morgan fingerprint density at radius 2 is 1.06 bits per heavy atom. The predicted octanol–water partition coefficient (Wildman–Crippen LogP) is 12.1. The van der Waals surface area contributed by atoms with Crippen molar-refractivity contribution in [1.29, 1.82) is 0 Å². The number of aromatic amines is 2. The second-order valence-electron chi connectivity index (χ2n) is 22.8. The Bertz CT molecular complexity index is 2810. The Kier molecular flexibility index (Phi) is 21.7. The van der Waals surface area contributed by atoms with Crippen LogP contribution in [0.5, 0.6) is 0 Å². The highest BCUT2D eigenvalue weighted by Crippen LogP contribution is 2.38. The molecule has 0 spiro atoms. The summed E-state index contributed by atoms with van der Waals surface area (Å²) in [4.78, 5) is 58.7. The van der Waals surface area contributed by atoms with Gasteiger partial charge >= 0.3 is 18.2 Å². The molecule has 3 amide bonds. The molecule has 4 aromatic carbocycles. The molecule has 4 heterocycles. The van der Waals surface area contributed by atoms with Crippen molar-refractivity contribution in [3.63, 3.8) is 0 Å². The van der Waals surface area contributed by atoms with Crippen LogP contribution in [-0.4, -0.2) is 93.6 Å². The molecule has 6 aromatic rings. The summed E-state index contributed by atoms with van der Waals surface area (Å²) in [7, 11) is 0. The van der Waals surface area contributed by atoms with Crippen molar-refractivity contribution in [3.8, 4) is 0 Å². The number of carbonyl (C=O) groups is 4. The first-order chi connectivity index (χ1) is 36.7. The van der Waals surface area contributed by atoms with Crippen LogP contribution in [0.2, 0.25) is 0 Å². The summed E-state index contributed by atoms with van der Waals surface area (Å²) < 4.78 is 21.9. The molecule has 77 heavy (non-hydrogen) atoms. The molecule has 2 aliphatic heterocycles. The van der Waals surface area contributed by atoms with Gasteiger partial charge in [-0.3, -0.25) is 4.79 Å². The van der Waals surface area contributed by atoms with Gasteiger partial charge in [-0.1, -0.05) is 125 Å². The number of H-pyrrole nitrogens is 2. The van der Waals surface area contributed by atoms with Crippen LogP contribution >= 0.6 is 0 Å². The maximum absolute atomic E-state index is 14.1. The highest BCUT2D eigenvalue weighted by atomic mass is 16.6. The minimum absolute atomic E-state index is 0.0909. The van der Waals surface area contributed by atoms with E-state index >= 15 is 0 Å². The number of rotatable bonds is 18. The fourth-order valence-electron chi connectivity index (χ4n) is 9.75. The van der Waals surface area contributed by atoms with Crippen LogP contribution < -0.4 is 16.0 Å². The Morgan fingerprint density at radius 3 is 1.56 bits per heavy atom. The van der Waals surface area contributed by atoms with Crippen LogP contribution in [-0.2, 0) is 54.6 Å². The number of amides is 3. The average molecular weight is 1060 g/mol. The zero-order valence-corrected chi connectivity index (χ0v) is 47.0. The van der Waals surface area contributed by atoms with E-state index in [9.17, 15) is 19.2 Å². The number of fused-ring (bicyclic) bond motifs is 6. The second kappa shape index (κ2) is 28.1. The van der Waals surface area contributed by atoms with E-state index in [1.54, 1.807) is 20.8 Å². The van der Waals surface area contributed by atoms with Crippen LogP contribution in [0.15, 0.2) is 109 Å². The first kappa shape index (κ1) is 59.6. The molecule has 2 unspecified atom stereocenters. The summed E-state index contributed by atoms with van der Waals surface area (Å²) in [5, 5.41) is 20.6. The summed E-state index contributed by atoms with van der Waals surface area (Å²) >= 11 is 0. The molecule has 0 aliphatic carbocycles. The summed E-state index contributed by atoms with van der Waals surface area (Å²) in [6.07, 6.45) is 3.13. The Hall–Kier alpha value is -6.68. The zero-order valence-electron chi connectivity index (χ0n) is 47.0. The van der Waals surface area contributed by atoms with E-state index in [0.29, 0.717) is 44.7 Å². The molecule has 416 valence electrons. The van der Waals surface area contributed by atoms with Crippen LogP contribution in [0.3, 0.4) is 0 Å². The number of nitrogens with one attached hydrogen (secondary N) is 5. The van der Waals surface area contributed by atoms with Crippen molar-refractivity contribution >= 4 is 45.9 Å². The molecule has 2 aromatic heterocycles. The Morgan fingerprint density at radius 1 is 0.610 bits per heavy atom. The molecule has 0 fully saturated rings. The highest BCUT2D eigenvalue weighted by molar-refractivity contribution is 5.89. The average Bonchev–Trinajstić information content (AvgIpc) is 4.00. The molecule has 15 heteroatoms. The van der Waals surface area contributed by atoms with Gasteiger partial charge in [-0.05, 0) is 120 Å². The van der Waals surface area contributed by atoms with Gasteiger partial charge in [0.05, 0.1) is 19.3 Å². The van der Waals surface area contributed by atoms with Gasteiger partial charge in [-0.15, -0.1) is 0 Å². The van der Waals surface area contributed by atoms with Gasteiger partial charge < -0.3 is 54.9 Å². The molecule has 4 atom stereocenters. The van der Waals surface area contributed by atoms with Gasteiger partial charge in [0.25, 0.3) is 0 Å². The van der Waals surface area contributed by atoms with Crippen LogP contribution in [0.1, 0.15) is 141 Å². The van der Waals surface area contributed by atoms with Crippen molar-refractivity contribution < 1.29 is 43.2 Å². The van der Waals surface area contributed by atoms with E-state index < -0.39 is 41.4 Å². The number of benzene rings is 4.